The predicted molar refractivity (Wildman–Crippen MR) is 66.6 cm³/mol. The van der Waals surface area contributed by atoms with Gasteiger partial charge in [0.25, 0.3) is 0 Å². The van der Waals surface area contributed by atoms with E-state index in [0.29, 0.717) is 18.8 Å². The molecule has 1 aliphatic heterocycles. The van der Waals surface area contributed by atoms with Crippen LogP contribution in [0.3, 0.4) is 0 Å². The first-order chi connectivity index (χ1) is 8.24. The number of nitrogens with one attached hydrogen (secondary N) is 1. The van der Waals surface area contributed by atoms with Gasteiger partial charge in [0.2, 0.25) is 6.79 Å². The first-order valence-electron chi connectivity index (χ1n) is 6.37. The van der Waals surface area contributed by atoms with Gasteiger partial charge in [-0.2, -0.15) is 0 Å². The normalized spacial score (nSPS) is 25.4. The minimum Gasteiger partial charge on any atom is -0.454 e. The van der Waals surface area contributed by atoms with Crippen molar-refractivity contribution in [2.24, 2.45) is 5.92 Å². The second kappa shape index (κ2) is 4.22. The van der Waals surface area contributed by atoms with Gasteiger partial charge in [0.05, 0.1) is 0 Å². The number of ether oxygens (including phenoxy) is 2. The Hall–Kier alpha value is -1.22. The van der Waals surface area contributed by atoms with E-state index in [-0.39, 0.29) is 0 Å². The molecule has 1 aromatic carbocycles. The summed E-state index contributed by atoms with van der Waals surface area (Å²) in [5.74, 6) is 3.28. The van der Waals surface area contributed by atoms with Gasteiger partial charge in [-0.15, -0.1) is 0 Å². The van der Waals surface area contributed by atoms with E-state index >= 15 is 0 Å². The van der Waals surface area contributed by atoms with Gasteiger partial charge in [0.15, 0.2) is 11.5 Å². The molecule has 0 saturated heterocycles. The van der Waals surface area contributed by atoms with Crippen LogP contribution in [-0.2, 0) is 0 Å². The third-order valence-corrected chi connectivity index (χ3v) is 3.54. The molecule has 1 aromatic rings. The highest BCUT2D eigenvalue weighted by molar-refractivity contribution is 5.46. The summed E-state index contributed by atoms with van der Waals surface area (Å²) in [6, 6.07) is 6.92. The average Bonchev–Trinajstić information content (AvgIpc) is 2.94. The van der Waals surface area contributed by atoms with Crippen molar-refractivity contribution in [3.8, 4) is 11.5 Å². The largest absolute Gasteiger partial charge is 0.454 e. The molecule has 92 valence electrons. The third-order valence-electron chi connectivity index (χ3n) is 3.54. The Kier molecular flexibility index (Phi) is 2.71. The number of rotatable bonds is 4. The second-order valence-electron chi connectivity index (χ2n) is 5.28. The highest BCUT2D eigenvalue weighted by Gasteiger charge is 2.38. The molecular formula is C14H19NO2. The van der Waals surface area contributed by atoms with E-state index in [0.717, 1.165) is 24.0 Å². The monoisotopic (exact) mass is 233 g/mol. The molecule has 2 atom stereocenters. The fourth-order valence-electron chi connectivity index (χ4n) is 2.41. The van der Waals surface area contributed by atoms with E-state index in [2.05, 4.69) is 31.3 Å². The summed E-state index contributed by atoms with van der Waals surface area (Å²) >= 11 is 0. The van der Waals surface area contributed by atoms with Gasteiger partial charge in [-0.05, 0) is 42.5 Å². The molecule has 2 unspecified atom stereocenters. The molecule has 1 saturated carbocycles. The summed E-state index contributed by atoms with van der Waals surface area (Å²) in [4.78, 5) is 0. The second-order valence-corrected chi connectivity index (χ2v) is 5.28. The molecule has 2 aliphatic rings. The van der Waals surface area contributed by atoms with Crippen LogP contribution in [0, 0.1) is 5.92 Å². The number of hydrogen-bond acceptors (Lipinski definition) is 3. The van der Waals surface area contributed by atoms with Crippen LogP contribution in [0.15, 0.2) is 18.2 Å². The fourth-order valence-corrected chi connectivity index (χ4v) is 2.41. The molecule has 0 bridgehead atoms. The van der Waals surface area contributed by atoms with Gasteiger partial charge in [0, 0.05) is 6.04 Å². The highest BCUT2D eigenvalue weighted by atomic mass is 16.7. The Balaban J connectivity index is 1.63. The van der Waals surface area contributed by atoms with Gasteiger partial charge < -0.3 is 14.8 Å². The molecule has 1 N–H and O–H groups in total. The zero-order valence-electron chi connectivity index (χ0n) is 10.4. The van der Waals surface area contributed by atoms with Crippen molar-refractivity contribution < 1.29 is 9.47 Å². The lowest BCUT2D eigenvalue weighted by atomic mass is 10.1. The summed E-state index contributed by atoms with van der Waals surface area (Å²) in [5, 5.41) is 3.50. The lowest BCUT2D eigenvalue weighted by molar-refractivity contribution is 0.174. The minimum absolute atomic E-state index is 0.363. The maximum atomic E-state index is 5.41. The molecular weight excluding hydrogens is 214 g/mol. The molecule has 17 heavy (non-hydrogen) atoms. The van der Waals surface area contributed by atoms with E-state index in [1.807, 2.05) is 6.07 Å². The van der Waals surface area contributed by atoms with Gasteiger partial charge in [-0.1, -0.05) is 19.9 Å². The molecule has 0 aromatic heterocycles. The zero-order valence-corrected chi connectivity index (χ0v) is 10.4. The first kappa shape index (κ1) is 10.9. The predicted octanol–water partition coefficient (Wildman–Crippen LogP) is 2.52. The lowest BCUT2D eigenvalue weighted by Crippen LogP contribution is -2.25. The van der Waals surface area contributed by atoms with Crippen LogP contribution in [-0.4, -0.2) is 19.4 Å². The summed E-state index contributed by atoms with van der Waals surface area (Å²) in [6.07, 6.45) is 1.29. The first-order valence-corrected chi connectivity index (χ1v) is 6.37. The number of hydrogen-bond donors (Lipinski definition) is 1. The Morgan fingerprint density at radius 1 is 1.29 bits per heavy atom. The van der Waals surface area contributed by atoms with Crippen molar-refractivity contribution in [3.63, 3.8) is 0 Å². The van der Waals surface area contributed by atoms with Crippen molar-refractivity contribution in [1.29, 1.82) is 0 Å². The van der Waals surface area contributed by atoms with Crippen molar-refractivity contribution in [3.05, 3.63) is 23.8 Å². The van der Waals surface area contributed by atoms with E-state index in [1.165, 1.54) is 12.0 Å². The maximum absolute atomic E-state index is 5.41. The summed E-state index contributed by atoms with van der Waals surface area (Å²) in [6.45, 7) is 5.87. The van der Waals surface area contributed by atoms with Crippen molar-refractivity contribution in [2.75, 3.05) is 13.3 Å². The lowest BCUT2D eigenvalue weighted by Gasteiger charge is -2.07. The molecule has 0 spiro atoms. The van der Waals surface area contributed by atoms with Gasteiger partial charge >= 0.3 is 0 Å². The summed E-state index contributed by atoms with van der Waals surface area (Å²) in [7, 11) is 0. The standard InChI is InChI=1S/C14H19NO2/c1-9(2)15-7-11-5-12(11)10-3-4-13-14(6-10)17-8-16-13/h3-4,6,9,11-12,15H,5,7-8H2,1-2H3. The molecule has 0 radical (unpaired) electrons. The molecule has 0 amide bonds. The van der Waals surface area contributed by atoms with Crippen LogP contribution >= 0.6 is 0 Å². The van der Waals surface area contributed by atoms with Crippen molar-refractivity contribution in [1.82, 2.24) is 5.32 Å². The molecule has 1 fully saturated rings. The van der Waals surface area contributed by atoms with Gasteiger partial charge in [-0.3, -0.25) is 0 Å². The molecule has 1 heterocycles. The van der Waals surface area contributed by atoms with E-state index in [1.54, 1.807) is 0 Å². The van der Waals surface area contributed by atoms with Crippen molar-refractivity contribution in [2.45, 2.75) is 32.2 Å². The maximum Gasteiger partial charge on any atom is 0.231 e. The molecule has 3 nitrogen and oxygen atoms in total. The zero-order chi connectivity index (χ0) is 11.8. The third kappa shape index (κ3) is 2.25. The number of benzene rings is 1. The SMILES string of the molecule is CC(C)NCC1CC1c1ccc2c(c1)OCO2. The summed E-state index contributed by atoms with van der Waals surface area (Å²) in [5.41, 5.74) is 1.39. The van der Waals surface area contributed by atoms with E-state index in [9.17, 15) is 0 Å². The molecule has 3 rings (SSSR count). The Labute approximate surface area is 102 Å². The van der Waals surface area contributed by atoms with Gasteiger partial charge in [0.1, 0.15) is 0 Å². The van der Waals surface area contributed by atoms with Crippen LogP contribution in [0.2, 0.25) is 0 Å². The van der Waals surface area contributed by atoms with E-state index < -0.39 is 0 Å². The van der Waals surface area contributed by atoms with Gasteiger partial charge in [-0.25, -0.2) is 0 Å². The van der Waals surface area contributed by atoms with Crippen molar-refractivity contribution >= 4 is 0 Å². The smallest absolute Gasteiger partial charge is 0.231 e. The van der Waals surface area contributed by atoms with Crippen LogP contribution in [0.1, 0.15) is 31.7 Å². The Morgan fingerprint density at radius 3 is 2.94 bits per heavy atom. The average molecular weight is 233 g/mol. The van der Waals surface area contributed by atoms with Crippen LogP contribution in [0.25, 0.3) is 0 Å². The Bertz CT molecular complexity index is 417. The fraction of sp³-hybridized carbons (Fsp3) is 0.571. The molecule has 3 heteroatoms. The minimum atomic E-state index is 0.363. The summed E-state index contributed by atoms with van der Waals surface area (Å²) < 4.78 is 10.7. The highest BCUT2D eigenvalue weighted by Crippen LogP contribution is 2.49. The Morgan fingerprint density at radius 2 is 2.12 bits per heavy atom. The van der Waals surface area contributed by atoms with Crippen LogP contribution in [0.5, 0.6) is 11.5 Å². The molecule has 1 aliphatic carbocycles. The quantitative estimate of drug-likeness (QED) is 0.866. The van der Waals surface area contributed by atoms with Crippen LogP contribution in [0.4, 0.5) is 0 Å². The van der Waals surface area contributed by atoms with E-state index in [4.69, 9.17) is 9.47 Å². The number of fused-ring (bicyclic) bond motifs is 1. The van der Waals surface area contributed by atoms with Crippen LogP contribution < -0.4 is 14.8 Å². The topological polar surface area (TPSA) is 30.5 Å².